The number of fused-ring (bicyclic) bond motifs is 1. The average Bonchev–Trinajstić information content (AvgIpc) is 2.81. The summed E-state index contributed by atoms with van der Waals surface area (Å²) in [4.78, 5) is 11.5. The van der Waals surface area contributed by atoms with E-state index in [-0.39, 0.29) is 16.7 Å². The first-order chi connectivity index (χ1) is 7.89. The molecule has 0 aromatic carbocycles. The van der Waals surface area contributed by atoms with Gasteiger partial charge in [0.2, 0.25) is 0 Å². The maximum atomic E-state index is 11.5. The molecule has 0 radical (unpaired) electrons. The third-order valence-corrected chi connectivity index (χ3v) is 6.21. The Balaban J connectivity index is 2.07. The van der Waals surface area contributed by atoms with Crippen molar-refractivity contribution in [3.8, 4) is 0 Å². The number of hydrogen-bond acceptors (Lipinski definition) is 1. The summed E-state index contributed by atoms with van der Waals surface area (Å²) in [7, 11) is 0. The van der Waals surface area contributed by atoms with E-state index in [0.717, 1.165) is 25.7 Å². The molecule has 3 aliphatic rings. The molecule has 2 nitrogen and oxygen atoms in total. The minimum Gasteiger partial charge on any atom is -0.481 e. The number of hydrogen-bond donors (Lipinski definition) is 1. The van der Waals surface area contributed by atoms with Gasteiger partial charge >= 0.3 is 5.97 Å². The number of carbonyl (C=O) groups is 1. The molecule has 2 heteroatoms. The van der Waals surface area contributed by atoms with Gasteiger partial charge in [0.05, 0.1) is 5.92 Å². The zero-order chi connectivity index (χ0) is 12.4. The van der Waals surface area contributed by atoms with E-state index in [0.29, 0.717) is 11.8 Å². The van der Waals surface area contributed by atoms with E-state index in [1.165, 1.54) is 12.0 Å². The number of aliphatic carboxylic acids is 1. The fourth-order valence-electron chi connectivity index (χ4n) is 5.39. The Hall–Kier alpha value is -0.790. The van der Waals surface area contributed by atoms with E-state index in [1.54, 1.807) is 0 Å². The summed E-state index contributed by atoms with van der Waals surface area (Å²) in [6, 6.07) is 0. The molecule has 0 saturated heterocycles. The zero-order valence-corrected chi connectivity index (χ0v) is 10.8. The van der Waals surface area contributed by atoms with Gasteiger partial charge in [-0.05, 0) is 54.8 Å². The Morgan fingerprint density at radius 3 is 2.71 bits per heavy atom. The van der Waals surface area contributed by atoms with E-state index in [1.807, 2.05) is 0 Å². The highest BCUT2D eigenvalue weighted by atomic mass is 16.4. The van der Waals surface area contributed by atoms with Crippen molar-refractivity contribution in [3.63, 3.8) is 0 Å². The molecule has 4 atom stereocenters. The summed E-state index contributed by atoms with van der Waals surface area (Å²) in [5.74, 6) is 0.477. The van der Waals surface area contributed by atoms with Crippen molar-refractivity contribution in [2.24, 2.45) is 28.6 Å². The average molecular weight is 234 g/mol. The van der Waals surface area contributed by atoms with Crippen molar-refractivity contribution in [1.29, 1.82) is 0 Å². The molecule has 1 spiro atoms. The Labute approximate surface area is 103 Å². The van der Waals surface area contributed by atoms with Gasteiger partial charge < -0.3 is 5.11 Å². The molecule has 3 fully saturated rings. The van der Waals surface area contributed by atoms with E-state index >= 15 is 0 Å². The van der Waals surface area contributed by atoms with Crippen molar-refractivity contribution in [2.45, 2.75) is 46.0 Å². The van der Waals surface area contributed by atoms with Crippen molar-refractivity contribution >= 4 is 5.97 Å². The minimum atomic E-state index is -0.559. The Kier molecular flexibility index (Phi) is 2.10. The maximum Gasteiger partial charge on any atom is 0.307 e. The van der Waals surface area contributed by atoms with Crippen molar-refractivity contribution in [3.05, 3.63) is 12.2 Å². The number of rotatable bonds is 1. The van der Waals surface area contributed by atoms with Crippen LogP contribution in [0, 0.1) is 28.6 Å². The van der Waals surface area contributed by atoms with Crippen LogP contribution in [0.1, 0.15) is 46.0 Å². The van der Waals surface area contributed by atoms with Crippen LogP contribution in [0.25, 0.3) is 0 Å². The fourth-order valence-corrected chi connectivity index (χ4v) is 5.39. The third-order valence-electron chi connectivity index (χ3n) is 6.21. The van der Waals surface area contributed by atoms with Gasteiger partial charge in [-0.15, -0.1) is 0 Å². The van der Waals surface area contributed by atoms with E-state index < -0.39 is 5.97 Å². The van der Waals surface area contributed by atoms with Gasteiger partial charge in [0.15, 0.2) is 0 Å². The predicted molar refractivity (Wildman–Crippen MR) is 66.5 cm³/mol. The predicted octanol–water partition coefficient (Wildman–Crippen LogP) is 3.48. The highest BCUT2D eigenvalue weighted by Gasteiger charge is 2.64. The standard InChI is InChI=1S/C15H22O2/c1-9-10-6-7-15(8-10)11(13(16)17)4-5-12(15)14(9,2)3/h10-12H,1,4-8H2,2-3H3,(H,16,17). The van der Waals surface area contributed by atoms with E-state index in [2.05, 4.69) is 20.4 Å². The van der Waals surface area contributed by atoms with Crippen molar-refractivity contribution in [1.82, 2.24) is 0 Å². The molecule has 3 rings (SSSR count). The van der Waals surface area contributed by atoms with Gasteiger partial charge in [0.25, 0.3) is 0 Å². The molecule has 0 aromatic rings. The van der Waals surface area contributed by atoms with Gasteiger partial charge in [-0.2, -0.15) is 0 Å². The molecular formula is C15H22O2. The van der Waals surface area contributed by atoms with Gasteiger partial charge in [-0.1, -0.05) is 26.0 Å². The van der Waals surface area contributed by atoms with Crippen molar-refractivity contribution in [2.75, 3.05) is 0 Å². The van der Waals surface area contributed by atoms with Gasteiger partial charge in [0, 0.05) is 0 Å². The molecule has 2 bridgehead atoms. The molecule has 94 valence electrons. The third kappa shape index (κ3) is 1.19. The lowest BCUT2D eigenvalue weighted by Gasteiger charge is -2.50. The Morgan fingerprint density at radius 2 is 2.06 bits per heavy atom. The summed E-state index contributed by atoms with van der Waals surface area (Å²) < 4.78 is 0. The second-order valence-electron chi connectivity index (χ2n) is 6.94. The lowest BCUT2D eigenvalue weighted by Crippen LogP contribution is -2.45. The van der Waals surface area contributed by atoms with Crippen LogP contribution in [-0.2, 0) is 4.79 Å². The van der Waals surface area contributed by atoms with E-state index in [9.17, 15) is 9.90 Å². The fraction of sp³-hybridized carbons (Fsp3) is 0.800. The molecule has 0 heterocycles. The molecule has 0 aromatic heterocycles. The molecule has 0 aliphatic heterocycles. The van der Waals surface area contributed by atoms with Crippen LogP contribution in [0.4, 0.5) is 0 Å². The number of allylic oxidation sites excluding steroid dienone is 1. The lowest BCUT2D eigenvalue weighted by atomic mass is 9.54. The highest BCUT2D eigenvalue weighted by Crippen LogP contribution is 2.70. The Bertz CT molecular complexity index is 396. The van der Waals surface area contributed by atoms with E-state index in [4.69, 9.17) is 0 Å². The first-order valence-electron chi connectivity index (χ1n) is 6.81. The molecule has 3 aliphatic carbocycles. The summed E-state index contributed by atoms with van der Waals surface area (Å²) in [6.45, 7) is 8.90. The SMILES string of the molecule is C=C1C2CCC3(C2)C(C(=O)O)CCC3C1(C)C. The van der Waals surface area contributed by atoms with Crippen LogP contribution in [0.15, 0.2) is 12.2 Å². The van der Waals surface area contributed by atoms with Crippen LogP contribution in [0.2, 0.25) is 0 Å². The van der Waals surface area contributed by atoms with Gasteiger partial charge in [0.1, 0.15) is 0 Å². The number of carboxylic acids is 1. The summed E-state index contributed by atoms with van der Waals surface area (Å²) in [6.07, 6.45) is 5.33. The molecule has 17 heavy (non-hydrogen) atoms. The largest absolute Gasteiger partial charge is 0.481 e. The molecule has 4 unspecified atom stereocenters. The van der Waals surface area contributed by atoms with Crippen LogP contribution in [-0.4, -0.2) is 11.1 Å². The lowest BCUT2D eigenvalue weighted by molar-refractivity contribution is -0.147. The summed E-state index contributed by atoms with van der Waals surface area (Å²) >= 11 is 0. The molecular weight excluding hydrogens is 212 g/mol. The molecule has 0 amide bonds. The monoisotopic (exact) mass is 234 g/mol. The maximum absolute atomic E-state index is 11.5. The Morgan fingerprint density at radius 1 is 1.35 bits per heavy atom. The first kappa shape index (κ1) is 11.3. The normalized spacial score (nSPS) is 46.9. The van der Waals surface area contributed by atoms with Gasteiger partial charge in [-0.3, -0.25) is 4.79 Å². The number of carboxylic acid groups (broad SMARTS) is 1. The summed E-state index contributed by atoms with van der Waals surface area (Å²) in [5.41, 5.74) is 1.63. The topological polar surface area (TPSA) is 37.3 Å². The van der Waals surface area contributed by atoms with Crippen LogP contribution < -0.4 is 0 Å². The summed E-state index contributed by atoms with van der Waals surface area (Å²) in [5, 5.41) is 9.48. The zero-order valence-electron chi connectivity index (χ0n) is 10.8. The van der Waals surface area contributed by atoms with Crippen LogP contribution in [0.3, 0.4) is 0 Å². The molecule has 3 saturated carbocycles. The van der Waals surface area contributed by atoms with Crippen LogP contribution in [0.5, 0.6) is 0 Å². The van der Waals surface area contributed by atoms with Crippen molar-refractivity contribution < 1.29 is 9.90 Å². The second-order valence-corrected chi connectivity index (χ2v) is 6.94. The minimum absolute atomic E-state index is 0.0927. The van der Waals surface area contributed by atoms with Gasteiger partial charge in [-0.25, -0.2) is 0 Å². The van der Waals surface area contributed by atoms with Crippen LogP contribution >= 0.6 is 0 Å². The first-order valence-corrected chi connectivity index (χ1v) is 6.81. The quantitative estimate of drug-likeness (QED) is 0.705. The molecule has 1 N–H and O–H groups in total. The smallest absolute Gasteiger partial charge is 0.307 e. The highest BCUT2D eigenvalue weighted by molar-refractivity contribution is 5.72. The second kappa shape index (κ2) is 3.15.